The number of halogens is 1. The summed E-state index contributed by atoms with van der Waals surface area (Å²) in [6.45, 7) is 3.46. The van der Waals surface area contributed by atoms with Gasteiger partial charge in [0.05, 0.1) is 0 Å². The number of hydrogen-bond acceptors (Lipinski definition) is 1. The van der Waals surface area contributed by atoms with Crippen molar-refractivity contribution >= 4 is 23.5 Å². The first-order valence-electron chi connectivity index (χ1n) is 4.04. The summed E-state index contributed by atoms with van der Waals surface area (Å²) in [5.74, 6) is 0.0487. The van der Waals surface area contributed by atoms with Crippen molar-refractivity contribution in [1.82, 2.24) is 0 Å². The Morgan fingerprint density at radius 1 is 1.46 bits per heavy atom. The molecule has 1 rings (SSSR count). The Bertz CT molecular complexity index is 353. The van der Waals surface area contributed by atoms with Crippen LogP contribution in [-0.2, 0) is 4.79 Å². The van der Waals surface area contributed by atoms with Crippen LogP contribution in [0.15, 0.2) is 24.3 Å². The summed E-state index contributed by atoms with van der Waals surface area (Å²) < 4.78 is 0. The highest BCUT2D eigenvalue weighted by Crippen LogP contribution is 2.16. The first-order chi connectivity index (χ1) is 6.09. The molecule has 1 nitrogen and oxygen atoms in total. The Morgan fingerprint density at radius 2 is 2.15 bits per heavy atom. The third kappa shape index (κ3) is 3.03. The van der Waals surface area contributed by atoms with Crippen LogP contribution < -0.4 is 0 Å². The van der Waals surface area contributed by atoms with Crippen molar-refractivity contribution in [2.24, 2.45) is 0 Å². The first-order valence-corrected chi connectivity index (χ1v) is 4.42. The van der Waals surface area contributed by atoms with Crippen LogP contribution in [0.4, 0.5) is 0 Å². The molecule has 0 atom stereocenters. The van der Waals surface area contributed by atoms with E-state index in [1.807, 2.05) is 25.1 Å². The van der Waals surface area contributed by atoms with Gasteiger partial charge in [-0.15, -0.1) is 0 Å². The van der Waals surface area contributed by atoms with Crippen LogP contribution in [0.3, 0.4) is 0 Å². The van der Waals surface area contributed by atoms with E-state index in [-0.39, 0.29) is 5.78 Å². The minimum Gasteiger partial charge on any atom is -0.295 e. The number of aryl methyl sites for hydroxylation is 1. The van der Waals surface area contributed by atoms with Gasteiger partial charge in [-0.05, 0) is 37.1 Å². The van der Waals surface area contributed by atoms with Crippen molar-refractivity contribution in [3.8, 4) is 0 Å². The highest BCUT2D eigenvalue weighted by Gasteiger charge is 1.94. The molecule has 0 aliphatic rings. The van der Waals surface area contributed by atoms with E-state index < -0.39 is 0 Å². The summed E-state index contributed by atoms with van der Waals surface area (Å²) in [6.07, 6.45) is 3.33. The molecule has 0 saturated heterocycles. The van der Waals surface area contributed by atoms with Gasteiger partial charge in [-0.25, -0.2) is 0 Å². The zero-order valence-electron chi connectivity index (χ0n) is 7.67. The van der Waals surface area contributed by atoms with Crippen LogP contribution in [0.5, 0.6) is 0 Å². The molecule has 0 spiro atoms. The predicted octanol–water partition coefficient (Wildman–Crippen LogP) is 3.25. The summed E-state index contributed by atoms with van der Waals surface area (Å²) in [4.78, 5) is 10.7. The molecular weight excluding hydrogens is 184 g/mol. The van der Waals surface area contributed by atoms with Crippen molar-refractivity contribution in [1.29, 1.82) is 0 Å². The van der Waals surface area contributed by atoms with Gasteiger partial charge >= 0.3 is 0 Å². The first kappa shape index (κ1) is 10.0. The minimum absolute atomic E-state index is 0.0487. The van der Waals surface area contributed by atoms with Crippen LogP contribution in [0.1, 0.15) is 18.1 Å². The minimum atomic E-state index is 0.0487. The maximum atomic E-state index is 10.7. The van der Waals surface area contributed by atoms with Crippen molar-refractivity contribution in [2.45, 2.75) is 13.8 Å². The molecule has 0 amide bonds. The smallest absolute Gasteiger partial charge is 0.152 e. The highest BCUT2D eigenvalue weighted by molar-refractivity contribution is 6.31. The van der Waals surface area contributed by atoms with Crippen LogP contribution >= 0.6 is 11.6 Å². The van der Waals surface area contributed by atoms with Crippen LogP contribution in [0, 0.1) is 6.92 Å². The van der Waals surface area contributed by atoms with Gasteiger partial charge < -0.3 is 0 Å². The lowest BCUT2D eigenvalue weighted by Crippen LogP contribution is -1.81. The number of ketones is 1. The molecule has 1 aromatic carbocycles. The number of benzene rings is 1. The zero-order chi connectivity index (χ0) is 9.84. The maximum absolute atomic E-state index is 10.7. The van der Waals surface area contributed by atoms with Crippen LogP contribution in [0.25, 0.3) is 6.08 Å². The largest absolute Gasteiger partial charge is 0.295 e. The number of hydrogen-bond donors (Lipinski definition) is 0. The zero-order valence-corrected chi connectivity index (χ0v) is 8.43. The SMILES string of the molecule is CC(=O)/C=C/c1ccc(Cl)c(C)c1. The number of rotatable bonds is 2. The summed E-state index contributed by atoms with van der Waals surface area (Å²) in [5, 5.41) is 0.750. The Morgan fingerprint density at radius 3 is 2.69 bits per heavy atom. The second-order valence-electron chi connectivity index (χ2n) is 2.95. The molecular formula is C11H11ClO. The quantitative estimate of drug-likeness (QED) is 0.661. The van der Waals surface area contributed by atoms with Gasteiger partial charge in [-0.1, -0.05) is 29.8 Å². The third-order valence-corrected chi connectivity index (χ3v) is 2.12. The summed E-state index contributed by atoms with van der Waals surface area (Å²) in [7, 11) is 0. The van der Waals surface area contributed by atoms with E-state index in [1.54, 1.807) is 12.2 Å². The molecule has 0 saturated carbocycles. The Hall–Kier alpha value is -1.08. The van der Waals surface area contributed by atoms with Gasteiger partial charge in [0.1, 0.15) is 0 Å². The van der Waals surface area contributed by atoms with E-state index in [2.05, 4.69) is 0 Å². The fourth-order valence-electron chi connectivity index (χ4n) is 0.985. The molecule has 0 heterocycles. The molecule has 0 aliphatic heterocycles. The van der Waals surface area contributed by atoms with Crippen LogP contribution in [0.2, 0.25) is 5.02 Å². The second-order valence-corrected chi connectivity index (χ2v) is 3.36. The summed E-state index contributed by atoms with van der Waals surface area (Å²) in [5.41, 5.74) is 2.02. The van der Waals surface area contributed by atoms with Gasteiger partial charge in [0.2, 0.25) is 0 Å². The normalized spacial score (nSPS) is 10.7. The molecule has 2 heteroatoms. The van der Waals surface area contributed by atoms with Crippen molar-refractivity contribution in [2.75, 3.05) is 0 Å². The maximum Gasteiger partial charge on any atom is 0.152 e. The van der Waals surface area contributed by atoms with Crippen LogP contribution in [-0.4, -0.2) is 5.78 Å². The standard InChI is InChI=1S/C11H11ClO/c1-8-7-10(4-3-9(2)13)5-6-11(8)12/h3-7H,1-2H3/b4-3+. The number of carbonyl (C=O) groups excluding carboxylic acids is 1. The van der Waals surface area contributed by atoms with E-state index in [0.29, 0.717) is 0 Å². The van der Waals surface area contributed by atoms with Gasteiger partial charge in [-0.2, -0.15) is 0 Å². The fraction of sp³-hybridized carbons (Fsp3) is 0.182. The average Bonchev–Trinajstić information content (AvgIpc) is 2.07. The predicted molar refractivity (Wildman–Crippen MR) is 55.9 cm³/mol. The fourth-order valence-corrected chi connectivity index (χ4v) is 1.10. The topological polar surface area (TPSA) is 17.1 Å². The van der Waals surface area contributed by atoms with E-state index in [4.69, 9.17) is 11.6 Å². The molecule has 68 valence electrons. The van der Waals surface area contributed by atoms with E-state index in [1.165, 1.54) is 6.92 Å². The summed E-state index contributed by atoms with van der Waals surface area (Å²) >= 11 is 5.85. The van der Waals surface area contributed by atoms with Crippen molar-refractivity contribution < 1.29 is 4.79 Å². The van der Waals surface area contributed by atoms with E-state index in [9.17, 15) is 4.79 Å². The van der Waals surface area contributed by atoms with Gasteiger partial charge in [0.25, 0.3) is 0 Å². The van der Waals surface area contributed by atoms with E-state index in [0.717, 1.165) is 16.1 Å². The highest BCUT2D eigenvalue weighted by atomic mass is 35.5. The Kier molecular flexibility index (Phi) is 3.26. The molecule has 0 aliphatic carbocycles. The number of carbonyl (C=O) groups is 1. The molecule has 1 aromatic rings. The lowest BCUT2D eigenvalue weighted by molar-refractivity contribution is -0.112. The van der Waals surface area contributed by atoms with E-state index >= 15 is 0 Å². The second kappa shape index (κ2) is 4.24. The molecule has 0 bridgehead atoms. The van der Waals surface area contributed by atoms with Crippen molar-refractivity contribution in [3.05, 3.63) is 40.4 Å². The lowest BCUT2D eigenvalue weighted by Gasteiger charge is -1.98. The molecule has 0 aromatic heterocycles. The molecule has 0 radical (unpaired) electrons. The molecule has 0 fully saturated rings. The van der Waals surface area contributed by atoms with Crippen molar-refractivity contribution in [3.63, 3.8) is 0 Å². The molecule has 0 N–H and O–H groups in total. The lowest BCUT2D eigenvalue weighted by atomic mass is 10.1. The molecule has 13 heavy (non-hydrogen) atoms. The Balaban J connectivity index is 2.92. The monoisotopic (exact) mass is 194 g/mol. The summed E-state index contributed by atoms with van der Waals surface area (Å²) in [6, 6.07) is 5.66. The third-order valence-electron chi connectivity index (χ3n) is 1.69. The average molecular weight is 195 g/mol. The van der Waals surface area contributed by atoms with Gasteiger partial charge in [0, 0.05) is 5.02 Å². The number of allylic oxidation sites excluding steroid dienone is 1. The Labute approximate surface area is 83.0 Å². The molecule has 0 unspecified atom stereocenters. The van der Waals surface area contributed by atoms with Gasteiger partial charge in [0.15, 0.2) is 5.78 Å². The van der Waals surface area contributed by atoms with Gasteiger partial charge in [-0.3, -0.25) is 4.79 Å².